The number of aliphatic imine (C=N–C) groups is 1. The first-order chi connectivity index (χ1) is 31.0. The fraction of sp³-hybridized carbons (Fsp3) is 0.415. The second kappa shape index (κ2) is 26.9. The van der Waals surface area contributed by atoms with Crippen LogP contribution in [0.3, 0.4) is 0 Å². The molecule has 0 aliphatic rings. The Hall–Kier alpha value is -7.44. The maximum absolute atomic E-state index is 14.3. The van der Waals surface area contributed by atoms with Crippen molar-refractivity contribution in [1.29, 1.82) is 0 Å². The number of aliphatic hydroxyl groups is 2. The van der Waals surface area contributed by atoms with Gasteiger partial charge in [-0.3, -0.25) is 38.6 Å². The molecule has 0 bridgehead atoms. The number of aliphatic carboxylic acids is 2. The second-order valence-electron chi connectivity index (χ2n) is 14.7. The third-order valence-electron chi connectivity index (χ3n) is 9.64. The van der Waals surface area contributed by atoms with Crippen molar-refractivity contribution in [3.05, 3.63) is 90.0 Å². The molecule has 7 atom stereocenters. The monoisotopic (exact) mass is 908 g/mol. The van der Waals surface area contributed by atoms with E-state index in [1.165, 1.54) is 12.5 Å². The van der Waals surface area contributed by atoms with Gasteiger partial charge in [-0.1, -0.05) is 60.7 Å². The van der Waals surface area contributed by atoms with Crippen molar-refractivity contribution in [3.8, 4) is 0 Å². The highest BCUT2D eigenvalue weighted by Crippen LogP contribution is 2.10. The van der Waals surface area contributed by atoms with E-state index in [1.54, 1.807) is 60.7 Å². The van der Waals surface area contributed by atoms with Gasteiger partial charge in [-0.25, -0.2) is 9.78 Å². The number of carboxylic acids is 2. The summed E-state index contributed by atoms with van der Waals surface area (Å²) >= 11 is 0. The minimum Gasteiger partial charge on any atom is -0.481 e. The number of aromatic amines is 1. The van der Waals surface area contributed by atoms with Gasteiger partial charge in [0.1, 0.15) is 36.3 Å². The molecule has 2 aromatic carbocycles. The van der Waals surface area contributed by atoms with Gasteiger partial charge in [-0.15, -0.1) is 0 Å². The van der Waals surface area contributed by atoms with Crippen LogP contribution in [-0.4, -0.2) is 146 Å². The van der Waals surface area contributed by atoms with Gasteiger partial charge in [0.05, 0.1) is 25.6 Å². The van der Waals surface area contributed by atoms with Crippen LogP contribution in [0.1, 0.15) is 42.5 Å². The minimum atomic E-state index is -1.73. The van der Waals surface area contributed by atoms with Gasteiger partial charge in [0, 0.05) is 44.1 Å². The van der Waals surface area contributed by atoms with E-state index in [-0.39, 0.29) is 51.0 Å². The largest absolute Gasteiger partial charge is 0.481 e. The first-order valence-corrected chi connectivity index (χ1v) is 20.4. The van der Waals surface area contributed by atoms with E-state index < -0.39 is 109 Å². The minimum absolute atomic E-state index is 0.0133. The number of aliphatic hydroxyl groups excluding tert-OH is 2. The van der Waals surface area contributed by atoms with E-state index in [4.69, 9.17) is 22.3 Å². The smallest absolute Gasteiger partial charge is 0.328 e. The summed E-state index contributed by atoms with van der Waals surface area (Å²) in [6.45, 7) is -1.96. The number of carbonyl (C=O) groups excluding carboxylic acids is 6. The number of carboxylic acid groups (broad SMARTS) is 2. The van der Waals surface area contributed by atoms with Crippen LogP contribution >= 0.6 is 0 Å². The lowest BCUT2D eigenvalue weighted by atomic mass is 10.0. The fourth-order valence-electron chi connectivity index (χ4n) is 6.15. The van der Waals surface area contributed by atoms with Crippen molar-refractivity contribution >= 4 is 53.3 Å². The van der Waals surface area contributed by atoms with Crippen molar-refractivity contribution in [2.45, 2.75) is 87.2 Å². The first kappa shape index (κ1) is 51.9. The summed E-state index contributed by atoms with van der Waals surface area (Å²) in [6.07, 6.45) is 1.65. The van der Waals surface area contributed by atoms with Crippen LogP contribution in [0, 0.1) is 0 Å². The van der Waals surface area contributed by atoms with Crippen LogP contribution < -0.4 is 49.1 Å². The Balaban J connectivity index is 1.90. The molecule has 0 unspecified atom stereocenters. The Labute approximate surface area is 372 Å². The number of H-pyrrole nitrogens is 1. The number of guanidine groups is 1. The van der Waals surface area contributed by atoms with E-state index in [2.05, 4.69) is 46.9 Å². The molecule has 3 aromatic rings. The number of rotatable bonds is 28. The Morgan fingerprint density at radius 1 is 0.600 bits per heavy atom. The number of nitrogens with zero attached hydrogens (tertiary/aromatic N) is 2. The molecule has 17 N–H and O–H groups in total. The SMILES string of the molecule is NC(N)=NCCC[C@H](NC(=O)[C@H](CO)NC(=O)[C@H](Cc1ccccc1)NC(=O)[C@H](Cc1ccccc1)NC(=O)[C@H](Cc1cnc[nH]1)NC(=O)[C@@H](N)CCC(=O)O)C(=O)N[C@@H](CO)C(=O)O. The molecule has 0 radical (unpaired) electrons. The quantitative estimate of drug-likeness (QED) is 0.0186. The number of amides is 6. The lowest BCUT2D eigenvalue weighted by Crippen LogP contribution is -2.61. The van der Waals surface area contributed by atoms with E-state index in [0.717, 1.165) is 0 Å². The van der Waals surface area contributed by atoms with Crippen LogP contribution in [0.25, 0.3) is 0 Å². The van der Waals surface area contributed by atoms with Gasteiger partial charge in [-0.2, -0.15) is 0 Å². The molecule has 0 fully saturated rings. The predicted octanol–water partition coefficient (Wildman–Crippen LogP) is -4.34. The summed E-state index contributed by atoms with van der Waals surface area (Å²) in [5, 5.41) is 52.8. The van der Waals surface area contributed by atoms with Crippen molar-refractivity contribution in [1.82, 2.24) is 41.9 Å². The maximum atomic E-state index is 14.3. The molecule has 24 heteroatoms. The number of hydrogen-bond donors (Lipinski definition) is 14. The summed E-state index contributed by atoms with van der Waals surface area (Å²) in [7, 11) is 0. The number of aromatic nitrogens is 2. The van der Waals surface area contributed by atoms with Gasteiger partial charge >= 0.3 is 11.9 Å². The third-order valence-corrected chi connectivity index (χ3v) is 9.64. The topological polar surface area (TPSA) is 409 Å². The molecule has 1 heterocycles. The highest BCUT2D eigenvalue weighted by molar-refractivity contribution is 5.97. The van der Waals surface area contributed by atoms with E-state index in [0.29, 0.717) is 16.8 Å². The van der Waals surface area contributed by atoms with Crippen LogP contribution in [0.5, 0.6) is 0 Å². The first-order valence-electron chi connectivity index (χ1n) is 20.4. The lowest BCUT2D eigenvalue weighted by molar-refractivity contribution is -0.143. The van der Waals surface area contributed by atoms with Crippen molar-refractivity contribution in [2.75, 3.05) is 19.8 Å². The van der Waals surface area contributed by atoms with Crippen molar-refractivity contribution in [2.24, 2.45) is 22.2 Å². The molecule has 352 valence electrons. The van der Waals surface area contributed by atoms with Crippen molar-refractivity contribution in [3.63, 3.8) is 0 Å². The average molecular weight is 909 g/mol. The molecule has 6 amide bonds. The molecular weight excluding hydrogens is 853 g/mol. The molecular formula is C41H56N12O12. The second-order valence-corrected chi connectivity index (χ2v) is 14.7. The molecule has 1 aromatic heterocycles. The average Bonchev–Trinajstić information content (AvgIpc) is 3.80. The zero-order valence-electron chi connectivity index (χ0n) is 35.2. The molecule has 0 saturated heterocycles. The molecule has 65 heavy (non-hydrogen) atoms. The summed E-state index contributed by atoms with van der Waals surface area (Å²) in [5.41, 5.74) is 18.2. The zero-order valence-corrected chi connectivity index (χ0v) is 35.2. The van der Waals surface area contributed by atoms with E-state index in [1.807, 2.05) is 0 Å². The molecule has 0 spiro atoms. The molecule has 24 nitrogen and oxygen atoms in total. The van der Waals surface area contributed by atoms with Crippen LogP contribution in [0.2, 0.25) is 0 Å². The van der Waals surface area contributed by atoms with E-state index in [9.17, 15) is 53.7 Å². The Bertz CT molecular complexity index is 2070. The van der Waals surface area contributed by atoms with E-state index >= 15 is 0 Å². The molecule has 0 saturated carbocycles. The van der Waals surface area contributed by atoms with Gasteiger partial charge in [0.2, 0.25) is 35.4 Å². The maximum Gasteiger partial charge on any atom is 0.328 e. The van der Waals surface area contributed by atoms with Gasteiger partial charge in [0.25, 0.3) is 0 Å². The predicted molar refractivity (Wildman–Crippen MR) is 231 cm³/mol. The number of nitrogens with two attached hydrogens (primary N) is 3. The highest BCUT2D eigenvalue weighted by atomic mass is 16.4. The van der Waals surface area contributed by atoms with Gasteiger partial charge in [0.15, 0.2) is 5.96 Å². The summed E-state index contributed by atoms with van der Waals surface area (Å²) < 4.78 is 0. The summed E-state index contributed by atoms with van der Waals surface area (Å²) in [6, 6.07) is 6.51. The number of carbonyl (C=O) groups is 8. The fourth-order valence-corrected chi connectivity index (χ4v) is 6.15. The zero-order chi connectivity index (χ0) is 47.9. The lowest BCUT2D eigenvalue weighted by Gasteiger charge is -2.27. The molecule has 0 aliphatic heterocycles. The van der Waals surface area contributed by atoms with Gasteiger partial charge < -0.3 is 74.5 Å². The number of benzene rings is 2. The van der Waals surface area contributed by atoms with Crippen molar-refractivity contribution < 1.29 is 58.8 Å². The summed E-state index contributed by atoms with van der Waals surface area (Å²) in [5.74, 6) is -8.59. The summed E-state index contributed by atoms with van der Waals surface area (Å²) in [4.78, 5) is 115. The number of hydrogen-bond acceptors (Lipinski definition) is 13. The standard InChI is InChI=1S/C41H56N12O12/c42-26(13-14-33(56)57)34(58)49-30(18-25-19-45-22-47-25)38(62)51-28(16-23-8-3-1-4-9-23)36(60)50-29(17-24-10-5-2-6-11-24)37(61)52-31(20-54)39(63)48-27(12-7-15-46-41(43)44)35(59)53-32(21-55)40(64)65/h1-6,8-11,19,22,26-32,54-55H,7,12-18,20-21,42H2,(H,45,47)(H,48,63)(H,49,58)(H,50,60)(H,51,62)(H,52,61)(H,53,59)(H,56,57)(H,64,65)(H4,43,44,46)/t26-,27-,28-,29-,30-,31-,32-/m0/s1. The normalized spacial score (nSPS) is 14.1. The number of imidazole rings is 1. The highest BCUT2D eigenvalue weighted by Gasteiger charge is 2.34. The molecule has 0 aliphatic carbocycles. The Morgan fingerprint density at radius 2 is 1.05 bits per heavy atom. The molecule has 3 rings (SSSR count). The Morgan fingerprint density at radius 3 is 1.51 bits per heavy atom. The third kappa shape index (κ3) is 18.4. The van der Waals surface area contributed by atoms with Crippen LogP contribution in [0.4, 0.5) is 0 Å². The van der Waals surface area contributed by atoms with Crippen LogP contribution in [0.15, 0.2) is 78.2 Å². The Kier molecular flexibility index (Phi) is 21.5. The van der Waals surface area contributed by atoms with Crippen LogP contribution in [-0.2, 0) is 57.6 Å². The number of nitrogens with one attached hydrogen (secondary N) is 7. The van der Waals surface area contributed by atoms with Gasteiger partial charge in [-0.05, 0) is 30.4 Å².